The Morgan fingerprint density at radius 2 is 1.75 bits per heavy atom. The zero-order valence-electron chi connectivity index (χ0n) is 15.4. The number of hydrogen-bond donors (Lipinski definition) is 1. The Morgan fingerprint density at radius 3 is 2.29 bits per heavy atom. The van der Waals surface area contributed by atoms with Gasteiger partial charge in [-0.2, -0.15) is 0 Å². The van der Waals surface area contributed by atoms with Crippen LogP contribution in [0.1, 0.15) is 54.4 Å². The van der Waals surface area contributed by atoms with Crippen molar-refractivity contribution in [2.75, 3.05) is 0 Å². The van der Waals surface area contributed by atoms with E-state index in [1.807, 2.05) is 6.92 Å². The molecule has 2 saturated carbocycles. The molecule has 24 heavy (non-hydrogen) atoms. The fraction of sp³-hybridized carbons (Fsp3) is 0.789. The van der Waals surface area contributed by atoms with Crippen molar-refractivity contribution in [2.45, 2.75) is 72.7 Å². The Hall–Kier alpha value is -1.36. The summed E-state index contributed by atoms with van der Waals surface area (Å²) in [6.45, 7) is 11.3. The zero-order chi connectivity index (χ0) is 18.0. The van der Waals surface area contributed by atoms with Crippen molar-refractivity contribution in [3.8, 4) is 0 Å². The molecule has 0 amide bonds. The van der Waals surface area contributed by atoms with E-state index in [-0.39, 0.29) is 46.8 Å². The molecule has 5 heteroatoms. The van der Waals surface area contributed by atoms with E-state index in [0.717, 1.165) is 11.1 Å². The Balaban J connectivity index is 2.15. The Labute approximate surface area is 143 Å². The predicted molar refractivity (Wildman–Crippen MR) is 87.9 cm³/mol. The minimum absolute atomic E-state index is 0.0651. The third-order valence-electron chi connectivity index (χ3n) is 7.08. The van der Waals surface area contributed by atoms with Crippen molar-refractivity contribution in [2.24, 2.45) is 22.7 Å². The molecule has 6 unspecified atom stereocenters. The van der Waals surface area contributed by atoms with Gasteiger partial charge in [0.25, 0.3) is 0 Å². The molecule has 3 aliphatic carbocycles. The first-order chi connectivity index (χ1) is 11.0. The molecule has 0 heterocycles. The van der Waals surface area contributed by atoms with Crippen LogP contribution in [-0.4, -0.2) is 35.4 Å². The van der Waals surface area contributed by atoms with Crippen molar-refractivity contribution in [1.82, 2.24) is 0 Å². The van der Waals surface area contributed by atoms with E-state index >= 15 is 0 Å². The number of esters is 2. The van der Waals surface area contributed by atoms with Crippen molar-refractivity contribution in [3.05, 3.63) is 11.1 Å². The van der Waals surface area contributed by atoms with E-state index < -0.39 is 6.10 Å². The summed E-state index contributed by atoms with van der Waals surface area (Å²) in [6.07, 6.45) is 0.206. The molecule has 1 spiro atoms. The van der Waals surface area contributed by atoms with Gasteiger partial charge in [0.1, 0.15) is 12.2 Å². The fourth-order valence-corrected chi connectivity index (χ4v) is 5.99. The molecule has 1 N–H and O–H groups in total. The lowest BCUT2D eigenvalue weighted by Gasteiger charge is -2.53. The van der Waals surface area contributed by atoms with Crippen molar-refractivity contribution in [1.29, 1.82) is 0 Å². The van der Waals surface area contributed by atoms with E-state index in [4.69, 9.17) is 9.47 Å². The normalized spacial score (nSPS) is 42.7. The lowest BCUT2D eigenvalue weighted by atomic mass is 9.52. The van der Waals surface area contributed by atoms with Crippen molar-refractivity contribution < 1.29 is 24.2 Å². The Kier molecular flexibility index (Phi) is 3.87. The fourth-order valence-electron chi connectivity index (χ4n) is 5.99. The van der Waals surface area contributed by atoms with E-state index in [2.05, 4.69) is 20.8 Å². The first-order valence-corrected chi connectivity index (χ1v) is 8.77. The molecule has 0 saturated heterocycles. The van der Waals surface area contributed by atoms with Crippen LogP contribution in [0, 0.1) is 22.7 Å². The number of ether oxygens (including phenoxy) is 2. The van der Waals surface area contributed by atoms with Crippen LogP contribution in [0.2, 0.25) is 0 Å². The number of aliphatic hydroxyl groups is 1. The average molecular weight is 336 g/mol. The van der Waals surface area contributed by atoms with Gasteiger partial charge in [-0.05, 0) is 36.3 Å². The molecular weight excluding hydrogens is 308 g/mol. The molecule has 2 fully saturated rings. The van der Waals surface area contributed by atoms with Crippen LogP contribution in [0.25, 0.3) is 0 Å². The summed E-state index contributed by atoms with van der Waals surface area (Å²) in [4.78, 5) is 23.3. The maximum Gasteiger partial charge on any atom is 0.303 e. The molecule has 0 radical (unpaired) electrons. The van der Waals surface area contributed by atoms with Gasteiger partial charge in [-0.25, -0.2) is 0 Å². The third-order valence-corrected chi connectivity index (χ3v) is 7.08. The largest absolute Gasteiger partial charge is 0.462 e. The van der Waals surface area contributed by atoms with E-state index in [0.29, 0.717) is 12.8 Å². The van der Waals surface area contributed by atoms with Crippen molar-refractivity contribution >= 4 is 11.9 Å². The van der Waals surface area contributed by atoms with Gasteiger partial charge in [0.2, 0.25) is 0 Å². The Bertz CT molecular complexity index is 619. The smallest absolute Gasteiger partial charge is 0.303 e. The molecule has 0 aromatic rings. The molecule has 134 valence electrons. The predicted octanol–water partition coefficient (Wildman–Crippen LogP) is 2.61. The first kappa shape index (κ1) is 17.5. The van der Waals surface area contributed by atoms with Gasteiger partial charge >= 0.3 is 11.9 Å². The molecule has 3 aliphatic rings. The van der Waals surface area contributed by atoms with Gasteiger partial charge in [-0.15, -0.1) is 0 Å². The molecule has 6 atom stereocenters. The van der Waals surface area contributed by atoms with Crippen LogP contribution in [0.4, 0.5) is 0 Å². The topological polar surface area (TPSA) is 72.8 Å². The second kappa shape index (κ2) is 5.32. The van der Waals surface area contributed by atoms with Crippen LogP contribution in [-0.2, 0) is 19.1 Å². The summed E-state index contributed by atoms with van der Waals surface area (Å²) in [5, 5.41) is 10.6. The summed E-state index contributed by atoms with van der Waals surface area (Å²) in [7, 11) is 0. The van der Waals surface area contributed by atoms with Crippen LogP contribution in [0.15, 0.2) is 11.1 Å². The highest BCUT2D eigenvalue weighted by molar-refractivity contribution is 5.67. The minimum Gasteiger partial charge on any atom is -0.462 e. The van der Waals surface area contributed by atoms with Crippen LogP contribution in [0.3, 0.4) is 0 Å². The minimum atomic E-state index is -0.531. The number of carbonyl (C=O) groups is 2. The van der Waals surface area contributed by atoms with Crippen LogP contribution < -0.4 is 0 Å². The molecule has 2 bridgehead atoms. The first-order valence-electron chi connectivity index (χ1n) is 8.77. The summed E-state index contributed by atoms with van der Waals surface area (Å²) >= 11 is 0. The number of hydrogen-bond acceptors (Lipinski definition) is 5. The average Bonchev–Trinajstić information content (AvgIpc) is 2.76. The molecule has 0 aromatic heterocycles. The molecular formula is C19H28O5. The lowest BCUT2D eigenvalue weighted by molar-refractivity contribution is -0.168. The van der Waals surface area contributed by atoms with Gasteiger partial charge in [0.05, 0.1) is 6.10 Å². The maximum absolute atomic E-state index is 11.7. The van der Waals surface area contributed by atoms with Crippen LogP contribution in [0.5, 0.6) is 0 Å². The lowest BCUT2D eigenvalue weighted by Crippen LogP contribution is -2.52. The van der Waals surface area contributed by atoms with E-state index in [1.54, 1.807) is 0 Å². The molecule has 5 nitrogen and oxygen atoms in total. The standard InChI is InChI=1S/C19H28O5/c1-9-14(22)8-19-10(2)15(23-11(3)20)7-13(18(19,5)6)17(16(9)19)24-12(4)21/h10,13-15,17,22H,7-8H2,1-6H3. The number of rotatable bonds is 2. The molecule has 3 rings (SSSR count). The SMILES string of the molecule is CC(=O)OC1CC2C(OC(C)=O)C3=C(C)C(O)CC3(C1C)C2(C)C. The highest BCUT2D eigenvalue weighted by Crippen LogP contribution is 2.73. The van der Waals surface area contributed by atoms with E-state index in [1.165, 1.54) is 13.8 Å². The summed E-state index contributed by atoms with van der Waals surface area (Å²) in [6, 6.07) is 0. The molecule has 0 aromatic carbocycles. The third kappa shape index (κ3) is 2.03. The quantitative estimate of drug-likeness (QED) is 0.620. The highest BCUT2D eigenvalue weighted by atomic mass is 16.6. The Morgan fingerprint density at radius 1 is 1.17 bits per heavy atom. The van der Waals surface area contributed by atoms with Gasteiger partial charge < -0.3 is 14.6 Å². The maximum atomic E-state index is 11.7. The van der Waals surface area contributed by atoms with Gasteiger partial charge in [-0.3, -0.25) is 9.59 Å². The van der Waals surface area contributed by atoms with E-state index in [9.17, 15) is 14.7 Å². The zero-order valence-corrected chi connectivity index (χ0v) is 15.4. The second-order valence-electron chi connectivity index (χ2n) is 8.32. The van der Waals surface area contributed by atoms with Gasteiger partial charge in [0, 0.05) is 31.1 Å². The summed E-state index contributed by atoms with van der Waals surface area (Å²) < 4.78 is 11.4. The second-order valence-corrected chi connectivity index (χ2v) is 8.32. The van der Waals surface area contributed by atoms with Gasteiger partial charge in [-0.1, -0.05) is 20.8 Å². The number of carbonyl (C=O) groups excluding carboxylic acids is 2. The van der Waals surface area contributed by atoms with Crippen molar-refractivity contribution in [3.63, 3.8) is 0 Å². The monoisotopic (exact) mass is 336 g/mol. The number of fused-ring (bicyclic) bond motifs is 1. The molecule has 0 aliphatic heterocycles. The van der Waals surface area contributed by atoms with Gasteiger partial charge in [0.15, 0.2) is 0 Å². The number of aliphatic hydroxyl groups excluding tert-OH is 1. The highest BCUT2D eigenvalue weighted by Gasteiger charge is 2.72. The summed E-state index contributed by atoms with van der Waals surface area (Å²) in [5.41, 5.74) is 1.55. The summed E-state index contributed by atoms with van der Waals surface area (Å²) in [5.74, 6) is -0.446. The van der Waals surface area contributed by atoms with Crippen LogP contribution >= 0.6 is 0 Å².